The third kappa shape index (κ3) is 3.96. The summed E-state index contributed by atoms with van der Waals surface area (Å²) in [5.74, 6) is -0.0413. The molecule has 2 fully saturated rings. The number of amides is 2. The number of carbonyl (C=O) groups is 2. The van der Waals surface area contributed by atoms with E-state index in [1.807, 2.05) is 0 Å². The zero-order valence-electron chi connectivity index (χ0n) is 10.5. The van der Waals surface area contributed by atoms with E-state index in [-0.39, 0.29) is 30.4 Å². The fourth-order valence-corrected chi connectivity index (χ4v) is 2.30. The zero-order valence-corrected chi connectivity index (χ0v) is 10.5. The first kappa shape index (κ1) is 13.3. The summed E-state index contributed by atoms with van der Waals surface area (Å²) in [6, 6.07) is -0.00702. The third-order valence-corrected chi connectivity index (χ3v) is 3.38. The SMILES string of the molecule is O=C(CNC1CCCNC1=O)NC1CCOCC1. The van der Waals surface area contributed by atoms with Gasteiger partial charge in [0.05, 0.1) is 12.6 Å². The molecular formula is C12H21N3O3. The van der Waals surface area contributed by atoms with Crippen LogP contribution in [-0.2, 0) is 14.3 Å². The predicted molar refractivity (Wildman–Crippen MR) is 66.0 cm³/mol. The van der Waals surface area contributed by atoms with E-state index < -0.39 is 0 Å². The second kappa shape index (κ2) is 6.70. The van der Waals surface area contributed by atoms with Crippen LogP contribution in [0.2, 0.25) is 0 Å². The Morgan fingerprint density at radius 2 is 2.11 bits per heavy atom. The molecule has 6 nitrogen and oxygen atoms in total. The van der Waals surface area contributed by atoms with Crippen molar-refractivity contribution in [2.24, 2.45) is 0 Å². The maximum Gasteiger partial charge on any atom is 0.237 e. The lowest BCUT2D eigenvalue weighted by molar-refractivity contribution is -0.125. The van der Waals surface area contributed by atoms with Gasteiger partial charge in [-0.05, 0) is 25.7 Å². The van der Waals surface area contributed by atoms with Gasteiger partial charge in [-0.15, -0.1) is 0 Å². The standard InChI is InChI=1S/C12H21N3O3/c16-11(15-9-3-6-18-7-4-9)8-14-10-2-1-5-13-12(10)17/h9-10,14H,1-8H2,(H,13,17)(H,15,16). The molecule has 1 atom stereocenters. The van der Waals surface area contributed by atoms with Crippen molar-refractivity contribution in [1.82, 2.24) is 16.0 Å². The van der Waals surface area contributed by atoms with Gasteiger partial charge in [0.1, 0.15) is 0 Å². The van der Waals surface area contributed by atoms with Crippen LogP contribution in [0.15, 0.2) is 0 Å². The number of ether oxygens (including phenoxy) is 1. The summed E-state index contributed by atoms with van der Waals surface area (Å²) in [4.78, 5) is 23.2. The van der Waals surface area contributed by atoms with Gasteiger partial charge in [0.25, 0.3) is 0 Å². The molecule has 2 saturated heterocycles. The second-order valence-electron chi connectivity index (χ2n) is 4.82. The Labute approximate surface area is 107 Å². The van der Waals surface area contributed by atoms with E-state index in [1.165, 1.54) is 0 Å². The molecule has 2 aliphatic heterocycles. The molecule has 0 aromatic heterocycles. The van der Waals surface area contributed by atoms with E-state index >= 15 is 0 Å². The van der Waals surface area contributed by atoms with Gasteiger partial charge < -0.3 is 15.4 Å². The van der Waals surface area contributed by atoms with Gasteiger partial charge in [0.15, 0.2) is 0 Å². The highest BCUT2D eigenvalue weighted by atomic mass is 16.5. The Balaban J connectivity index is 1.65. The van der Waals surface area contributed by atoms with Crippen molar-refractivity contribution in [3.05, 3.63) is 0 Å². The fraction of sp³-hybridized carbons (Fsp3) is 0.833. The lowest BCUT2D eigenvalue weighted by atomic mass is 10.1. The predicted octanol–water partition coefficient (Wildman–Crippen LogP) is -0.850. The molecule has 2 rings (SSSR count). The summed E-state index contributed by atoms with van der Waals surface area (Å²) in [5, 5.41) is 8.75. The fourth-order valence-electron chi connectivity index (χ4n) is 2.30. The van der Waals surface area contributed by atoms with Gasteiger partial charge in [-0.1, -0.05) is 0 Å². The van der Waals surface area contributed by atoms with Crippen molar-refractivity contribution in [2.45, 2.75) is 37.8 Å². The van der Waals surface area contributed by atoms with Crippen molar-refractivity contribution in [3.8, 4) is 0 Å². The van der Waals surface area contributed by atoms with Crippen molar-refractivity contribution in [2.75, 3.05) is 26.3 Å². The molecule has 3 N–H and O–H groups in total. The molecule has 0 aliphatic carbocycles. The van der Waals surface area contributed by atoms with Gasteiger partial charge >= 0.3 is 0 Å². The molecule has 2 heterocycles. The van der Waals surface area contributed by atoms with Crippen LogP contribution in [0.1, 0.15) is 25.7 Å². The van der Waals surface area contributed by atoms with Crippen LogP contribution in [-0.4, -0.2) is 50.2 Å². The summed E-state index contributed by atoms with van der Waals surface area (Å²) < 4.78 is 5.23. The minimum atomic E-state index is -0.223. The van der Waals surface area contributed by atoms with E-state index in [4.69, 9.17) is 4.74 Å². The first-order valence-electron chi connectivity index (χ1n) is 6.64. The van der Waals surface area contributed by atoms with Crippen LogP contribution in [0.25, 0.3) is 0 Å². The van der Waals surface area contributed by atoms with Crippen molar-refractivity contribution in [3.63, 3.8) is 0 Å². The van der Waals surface area contributed by atoms with Crippen LogP contribution >= 0.6 is 0 Å². The highest BCUT2D eigenvalue weighted by Gasteiger charge is 2.22. The molecule has 0 spiro atoms. The average molecular weight is 255 g/mol. The molecule has 18 heavy (non-hydrogen) atoms. The van der Waals surface area contributed by atoms with Crippen molar-refractivity contribution in [1.29, 1.82) is 0 Å². The van der Waals surface area contributed by atoms with Gasteiger partial charge in [0, 0.05) is 25.8 Å². The van der Waals surface area contributed by atoms with Crippen LogP contribution in [0, 0.1) is 0 Å². The van der Waals surface area contributed by atoms with E-state index in [2.05, 4.69) is 16.0 Å². The molecule has 6 heteroatoms. The number of piperidine rings is 1. The van der Waals surface area contributed by atoms with Crippen molar-refractivity contribution < 1.29 is 14.3 Å². The highest BCUT2D eigenvalue weighted by Crippen LogP contribution is 2.06. The van der Waals surface area contributed by atoms with E-state index in [0.29, 0.717) is 13.2 Å². The Bertz CT molecular complexity index is 303. The summed E-state index contributed by atoms with van der Waals surface area (Å²) >= 11 is 0. The van der Waals surface area contributed by atoms with Crippen LogP contribution in [0.5, 0.6) is 0 Å². The molecule has 0 saturated carbocycles. The number of nitrogens with one attached hydrogen (secondary N) is 3. The Hall–Kier alpha value is -1.14. The smallest absolute Gasteiger partial charge is 0.237 e. The van der Waals surface area contributed by atoms with Crippen LogP contribution < -0.4 is 16.0 Å². The monoisotopic (exact) mass is 255 g/mol. The lowest BCUT2D eigenvalue weighted by Gasteiger charge is -2.25. The maximum absolute atomic E-state index is 11.7. The summed E-state index contributed by atoms with van der Waals surface area (Å²) in [6.07, 6.45) is 3.51. The zero-order chi connectivity index (χ0) is 12.8. The van der Waals surface area contributed by atoms with Gasteiger partial charge in [-0.2, -0.15) is 0 Å². The van der Waals surface area contributed by atoms with E-state index in [1.54, 1.807) is 0 Å². The molecule has 102 valence electrons. The number of hydrogen-bond donors (Lipinski definition) is 3. The molecule has 0 aromatic carbocycles. The summed E-state index contributed by atoms with van der Waals surface area (Å²) in [5.41, 5.74) is 0. The molecule has 2 aliphatic rings. The van der Waals surface area contributed by atoms with E-state index in [9.17, 15) is 9.59 Å². The topological polar surface area (TPSA) is 79.5 Å². The number of hydrogen-bond acceptors (Lipinski definition) is 4. The minimum Gasteiger partial charge on any atom is -0.381 e. The largest absolute Gasteiger partial charge is 0.381 e. The lowest BCUT2D eigenvalue weighted by Crippen LogP contribution is -2.51. The van der Waals surface area contributed by atoms with Gasteiger partial charge in [-0.25, -0.2) is 0 Å². The molecule has 0 bridgehead atoms. The van der Waals surface area contributed by atoms with Crippen LogP contribution in [0.4, 0.5) is 0 Å². The number of rotatable bonds is 4. The highest BCUT2D eigenvalue weighted by molar-refractivity contribution is 5.84. The van der Waals surface area contributed by atoms with Crippen molar-refractivity contribution >= 4 is 11.8 Å². The first-order chi connectivity index (χ1) is 8.75. The Morgan fingerprint density at radius 3 is 2.83 bits per heavy atom. The summed E-state index contributed by atoms with van der Waals surface area (Å²) in [7, 11) is 0. The second-order valence-corrected chi connectivity index (χ2v) is 4.82. The Kier molecular flexibility index (Phi) is 4.95. The number of carbonyl (C=O) groups excluding carboxylic acids is 2. The average Bonchev–Trinajstić information content (AvgIpc) is 2.39. The molecule has 2 amide bonds. The van der Waals surface area contributed by atoms with Gasteiger partial charge in [0.2, 0.25) is 11.8 Å². The first-order valence-corrected chi connectivity index (χ1v) is 6.64. The Morgan fingerprint density at radius 1 is 1.33 bits per heavy atom. The molecule has 1 unspecified atom stereocenters. The minimum absolute atomic E-state index is 0.000108. The molecule has 0 radical (unpaired) electrons. The maximum atomic E-state index is 11.7. The third-order valence-electron chi connectivity index (χ3n) is 3.38. The molecular weight excluding hydrogens is 234 g/mol. The summed E-state index contributed by atoms with van der Waals surface area (Å²) in [6.45, 7) is 2.37. The van der Waals surface area contributed by atoms with Crippen LogP contribution in [0.3, 0.4) is 0 Å². The van der Waals surface area contributed by atoms with E-state index in [0.717, 1.165) is 32.2 Å². The normalized spacial score (nSPS) is 25.6. The molecule has 0 aromatic rings. The quantitative estimate of drug-likeness (QED) is 0.611. The van der Waals surface area contributed by atoms with Gasteiger partial charge in [-0.3, -0.25) is 14.9 Å².